The fourth-order valence-electron chi connectivity index (χ4n) is 3.78. The predicted molar refractivity (Wildman–Crippen MR) is 102 cm³/mol. The number of aromatic nitrogens is 4. The second-order valence-corrected chi connectivity index (χ2v) is 6.61. The fourth-order valence-corrected chi connectivity index (χ4v) is 3.78. The number of nitrogens with one attached hydrogen (secondary N) is 1. The van der Waals surface area contributed by atoms with Crippen molar-refractivity contribution in [2.24, 2.45) is 0 Å². The summed E-state index contributed by atoms with van der Waals surface area (Å²) in [5.41, 5.74) is 2.46. The summed E-state index contributed by atoms with van der Waals surface area (Å²) >= 11 is 0. The third-order valence-electron chi connectivity index (χ3n) is 5.10. The van der Waals surface area contributed by atoms with Gasteiger partial charge in [0.2, 0.25) is 17.5 Å². The van der Waals surface area contributed by atoms with Crippen molar-refractivity contribution >= 4 is 23.2 Å². The van der Waals surface area contributed by atoms with Gasteiger partial charge in [0.25, 0.3) is 0 Å². The Morgan fingerprint density at radius 1 is 0.966 bits per heavy atom. The number of ether oxygens (including phenoxy) is 2. The maximum atomic E-state index is 13.2. The van der Waals surface area contributed by atoms with E-state index in [-0.39, 0.29) is 5.57 Å². The summed E-state index contributed by atoms with van der Waals surface area (Å²) < 4.78 is 12.2. The van der Waals surface area contributed by atoms with Crippen LogP contribution in [0.3, 0.4) is 0 Å². The van der Waals surface area contributed by atoms with Gasteiger partial charge in [-0.05, 0) is 28.1 Å². The molecule has 2 aromatic carbocycles. The number of hydrogen-bond acceptors (Lipinski definition) is 8. The molecular weight excluding hydrogens is 374 g/mol. The lowest BCUT2D eigenvalue weighted by molar-refractivity contribution is -0.112. The molecule has 9 heteroatoms. The lowest BCUT2D eigenvalue weighted by atomic mass is 9.81. The molecule has 1 N–H and O–H groups in total. The third kappa shape index (κ3) is 2.44. The van der Waals surface area contributed by atoms with Crippen LogP contribution in [0.25, 0.3) is 5.70 Å². The van der Waals surface area contributed by atoms with Gasteiger partial charge in [-0.3, -0.25) is 9.59 Å². The highest BCUT2D eigenvalue weighted by Crippen LogP contribution is 2.43. The average molecular weight is 389 g/mol. The van der Waals surface area contributed by atoms with E-state index in [0.29, 0.717) is 39.8 Å². The molecule has 0 saturated carbocycles. The van der Waals surface area contributed by atoms with Crippen LogP contribution < -0.4 is 14.8 Å². The average Bonchev–Trinajstić information content (AvgIpc) is 3.24. The van der Waals surface area contributed by atoms with Crippen LogP contribution in [0.2, 0.25) is 0 Å². The first-order valence-corrected chi connectivity index (χ1v) is 8.83. The number of tetrazole rings is 1. The third-order valence-corrected chi connectivity index (χ3v) is 5.10. The largest absolute Gasteiger partial charge is 0.497 e. The Bertz CT molecular complexity index is 1190. The molecule has 0 radical (unpaired) electrons. The smallest absolute Gasteiger partial charge is 0.248 e. The molecule has 2 heterocycles. The maximum absolute atomic E-state index is 13.2. The van der Waals surface area contributed by atoms with Crippen LogP contribution in [-0.2, 0) is 4.79 Å². The fraction of sp³-hybridized carbons (Fsp3) is 0.150. The van der Waals surface area contributed by atoms with Crippen molar-refractivity contribution in [3.05, 3.63) is 64.7 Å². The minimum Gasteiger partial charge on any atom is -0.497 e. The highest BCUT2D eigenvalue weighted by molar-refractivity contribution is 6.53. The van der Waals surface area contributed by atoms with E-state index in [4.69, 9.17) is 9.47 Å². The zero-order valence-electron chi connectivity index (χ0n) is 15.5. The molecule has 1 unspecified atom stereocenters. The monoisotopic (exact) mass is 389 g/mol. The molecule has 0 bridgehead atoms. The van der Waals surface area contributed by atoms with Crippen LogP contribution in [0.4, 0.5) is 5.95 Å². The maximum Gasteiger partial charge on any atom is 0.248 e. The number of nitrogens with zero attached hydrogens (tertiary/aromatic N) is 4. The normalized spacial score (nSPS) is 17.2. The van der Waals surface area contributed by atoms with Gasteiger partial charge in [-0.1, -0.05) is 29.4 Å². The predicted octanol–water partition coefficient (Wildman–Crippen LogP) is 1.88. The van der Waals surface area contributed by atoms with Crippen LogP contribution >= 0.6 is 0 Å². The Kier molecular flexibility index (Phi) is 3.70. The van der Waals surface area contributed by atoms with E-state index in [1.54, 1.807) is 50.6 Å². The van der Waals surface area contributed by atoms with Crippen LogP contribution in [0.5, 0.6) is 11.5 Å². The van der Waals surface area contributed by atoms with E-state index in [2.05, 4.69) is 20.8 Å². The number of Topliss-reactive ketones (excluding diaryl/α,β-unsaturated/α-hetero) is 2. The SMILES string of the molecule is COc1cc(OC)cc(C2C3=C(Nc4nnnn42)c2ccccc2C(=O)C3=O)c1. The van der Waals surface area contributed by atoms with Crippen molar-refractivity contribution in [3.63, 3.8) is 0 Å². The quantitative estimate of drug-likeness (QED) is 0.677. The standard InChI is InChI=1S/C20H15N5O4/c1-28-11-7-10(8-12(9-11)29-2)17-15-16(21-20-22-23-24-25(17)20)13-5-3-4-6-14(13)18(26)19(15)27/h3-9,17H,1-2H3,(H,21,22,24). The van der Waals surface area contributed by atoms with Crippen molar-refractivity contribution in [2.75, 3.05) is 19.5 Å². The number of carbonyl (C=O) groups excluding carboxylic acids is 2. The highest BCUT2D eigenvalue weighted by Gasteiger charge is 2.42. The Morgan fingerprint density at radius 2 is 1.66 bits per heavy atom. The van der Waals surface area contributed by atoms with Gasteiger partial charge >= 0.3 is 0 Å². The number of carbonyl (C=O) groups is 2. The van der Waals surface area contributed by atoms with E-state index in [9.17, 15) is 9.59 Å². The van der Waals surface area contributed by atoms with E-state index in [0.717, 1.165) is 0 Å². The van der Waals surface area contributed by atoms with Crippen LogP contribution in [0, 0.1) is 0 Å². The topological polar surface area (TPSA) is 108 Å². The molecule has 1 atom stereocenters. The van der Waals surface area contributed by atoms with Gasteiger partial charge in [-0.2, -0.15) is 4.68 Å². The van der Waals surface area contributed by atoms with Gasteiger partial charge in [0.15, 0.2) is 0 Å². The van der Waals surface area contributed by atoms with Crippen molar-refractivity contribution in [2.45, 2.75) is 6.04 Å². The molecule has 29 heavy (non-hydrogen) atoms. The molecule has 1 aromatic heterocycles. The molecule has 5 rings (SSSR count). The number of rotatable bonds is 3. The minimum atomic E-state index is -0.718. The first-order chi connectivity index (χ1) is 14.1. The Morgan fingerprint density at radius 3 is 2.34 bits per heavy atom. The summed E-state index contributed by atoms with van der Waals surface area (Å²) in [4.78, 5) is 26.0. The summed E-state index contributed by atoms with van der Waals surface area (Å²) in [6.45, 7) is 0. The lowest BCUT2D eigenvalue weighted by Crippen LogP contribution is -2.35. The number of anilines is 1. The summed E-state index contributed by atoms with van der Waals surface area (Å²) in [7, 11) is 3.08. The second-order valence-electron chi connectivity index (χ2n) is 6.61. The molecule has 2 aliphatic rings. The molecule has 0 fully saturated rings. The highest BCUT2D eigenvalue weighted by atomic mass is 16.5. The van der Waals surface area contributed by atoms with Gasteiger partial charge in [0, 0.05) is 17.2 Å². The zero-order chi connectivity index (χ0) is 20.1. The van der Waals surface area contributed by atoms with Crippen molar-refractivity contribution in [3.8, 4) is 11.5 Å². The lowest BCUT2D eigenvalue weighted by Gasteiger charge is -2.32. The van der Waals surface area contributed by atoms with E-state index in [1.165, 1.54) is 4.68 Å². The molecule has 9 nitrogen and oxygen atoms in total. The van der Waals surface area contributed by atoms with Crippen molar-refractivity contribution < 1.29 is 19.1 Å². The second kappa shape index (κ2) is 6.26. The molecular formula is C20H15N5O4. The first kappa shape index (κ1) is 17.1. The van der Waals surface area contributed by atoms with Gasteiger partial charge in [-0.15, -0.1) is 0 Å². The van der Waals surface area contributed by atoms with Crippen LogP contribution in [-0.4, -0.2) is 46.0 Å². The number of hydrogen-bond donors (Lipinski definition) is 1. The molecule has 1 aliphatic heterocycles. The molecule has 3 aromatic rings. The summed E-state index contributed by atoms with van der Waals surface area (Å²) in [5.74, 6) is 0.304. The van der Waals surface area contributed by atoms with Crippen molar-refractivity contribution in [1.82, 2.24) is 20.2 Å². The number of methoxy groups -OCH3 is 2. The minimum absolute atomic E-state index is 0.281. The number of fused-ring (bicyclic) bond motifs is 3. The zero-order valence-corrected chi connectivity index (χ0v) is 15.5. The summed E-state index contributed by atoms with van der Waals surface area (Å²) in [6, 6.07) is 11.5. The number of ketones is 2. The van der Waals surface area contributed by atoms with Crippen LogP contribution in [0.1, 0.15) is 27.5 Å². The Labute approximate surface area is 164 Å². The Hall–Kier alpha value is -4.01. The Balaban J connectivity index is 1.80. The molecule has 144 valence electrons. The van der Waals surface area contributed by atoms with E-state index in [1.807, 2.05) is 6.07 Å². The van der Waals surface area contributed by atoms with Crippen molar-refractivity contribution in [1.29, 1.82) is 0 Å². The van der Waals surface area contributed by atoms with Gasteiger partial charge in [0.05, 0.1) is 25.5 Å². The molecule has 0 saturated heterocycles. The van der Waals surface area contributed by atoms with E-state index >= 15 is 0 Å². The molecule has 1 aliphatic carbocycles. The van der Waals surface area contributed by atoms with E-state index < -0.39 is 17.6 Å². The van der Waals surface area contributed by atoms with Gasteiger partial charge in [0.1, 0.15) is 17.5 Å². The first-order valence-electron chi connectivity index (χ1n) is 8.83. The molecule has 0 amide bonds. The molecule has 0 spiro atoms. The van der Waals surface area contributed by atoms with Gasteiger partial charge in [-0.25, -0.2) is 0 Å². The summed E-state index contributed by atoms with van der Waals surface area (Å²) in [5, 5.41) is 14.9. The van der Waals surface area contributed by atoms with Crippen LogP contribution in [0.15, 0.2) is 48.0 Å². The number of allylic oxidation sites excluding steroid dienone is 1. The number of benzene rings is 2. The summed E-state index contributed by atoms with van der Waals surface area (Å²) in [6.07, 6.45) is 0. The van der Waals surface area contributed by atoms with Gasteiger partial charge < -0.3 is 14.8 Å².